The van der Waals surface area contributed by atoms with Crippen molar-refractivity contribution < 1.29 is 39.6 Å². The van der Waals surface area contributed by atoms with Crippen molar-refractivity contribution in [2.45, 2.75) is 29.5 Å². The van der Waals surface area contributed by atoms with E-state index in [4.69, 9.17) is 11.6 Å². The SMILES string of the molecule is C[C@H](NC(=O)c1cc(Cl)cc(C(F)(F)F)c1)c1ncnn1-c1ccc(S(=O)(=O)C(F)(F)F)cn1. The van der Waals surface area contributed by atoms with Crippen LogP contribution >= 0.6 is 11.6 Å². The Hall–Kier alpha value is -3.20. The minimum absolute atomic E-state index is 0.00496. The van der Waals surface area contributed by atoms with E-state index in [2.05, 4.69) is 20.4 Å². The van der Waals surface area contributed by atoms with Crippen LogP contribution in [0.4, 0.5) is 26.3 Å². The smallest absolute Gasteiger partial charge is 0.342 e. The van der Waals surface area contributed by atoms with Gasteiger partial charge in [0.15, 0.2) is 11.6 Å². The van der Waals surface area contributed by atoms with Gasteiger partial charge in [-0.05, 0) is 37.3 Å². The maximum atomic E-state index is 13.0. The van der Waals surface area contributed by atoms with Crippen LogP contribution in [-0.2, 0) is 16.0 Å². The van der Waals surface area contributed by atoms with Gasteiger partial charge in [-0.2, -0.15) is 36.1 Å². The zero-order valence-corrected chi connectivity index (χ0v) is 18.3. The van der Waals surface area contributed by atoms with E-state index in [1.165, 1.54) is 6.92 Å². The molecule has 1 atom stereocenters. The fraction of sp³-hybridized carbons (Fsp3) is 0.222. The van der Waals surface area contributed by atoms with Crippen molar-refractivity contribution in [3.05, 3.63) is 64.8 Å². The van der Waals surface area contributed by atoms with Crippen molar-refractivity contribution in [3.63, 3.8) is 0 Å². The molecule has 16 heteroatoms. The third kappa shape index (κ3) is 5.14. The summed E-state index contributed by atoms with van der Waals surface area (Å²) in [5.74, 6) is -1.04. The lowest BCUT2D eigenvalue weighted by molar-refractivity contribution is -0.137. The summed E-state index contributed by atoms with van der Waals surface area (Å²) in [6.45, 7) is 1.41. The molecule has 1 N–H and O–H groups in total. The summed E-state index contributed by atoms with van der Waals surface area (Å²) < 4.78 is 101. The van der Waals surface area contributed by atoms with Crippen LogP contribution in [0.1, 0.15) is 34.7 Å². The lowest BCUT2D eigenvalue weighted by Gasteiger charge is -2.15. The van der Waals surface area contributed by atoms with Gasteiger partial charge in [-0.15, -0.1) is 0 Å². The van der Waals surface area contributed by atoms with E-state index in [9.17, 15) is 39.6 Å². The number of nitrogens with zero attached hydrogens (tertiary/aromatic N) is 4. The van der Waals surface area contributed by atoms with Gasteiger partial charge in [0, 0.05) is 16.8 Å². The van der Waals surface area contributed by atoms with Crippen LogP contribution in [0.15, 0.2) is 47.8 Å². The number of hydrogen-bond donors (Lipinski definition) is 1. The van der Waals surface area contributed by atoms with E-state index >= 15 is 0 Å². The molecule has 8 nitrogen and oxygen atoms in total. The quantitative estimate of drug-likeness (QED) is 0.500. The third-order valence-corrected chi connectivity index (χ3v) is 6.04. The van der Waals surface area contributed by atoms with Crippen LogP contribution in [0.25, 0.3) is 5.82 Å². The highest BCUT2D eigenvalue weighted by Gasteiger charge is 2.47. The maximum Gasteiger partial charge on any atom is 0.501 e. The molecule has 0 unspecified atom stereocenters. The Morgan fingerprint density at radius 3 is 2.32 bits per heavy atom. The van der Waals surface area contributed by atoms with Crippen molar-refractivity contribution in [2.75, 3.05) is 0 Å². The largest absolute Gasteiger partial charge is 0.501 e. The monoisotopic (exact) mass is 527 g/mol. The zero-order valence-electron chi connectivity index (χ0n) is 16.7. The molecule has 1 amide bonds. The molecule has 0 aliphatic heterocycles. The number of rotatable bonds is 5. The fourth-order valence-electron chi connectivity index (χ4n) is 2.74. The van der Waals surface area contributed by atoms with Gasteiger partial charge in [0.05, 0.1) is 16.5 Å². The van der Waals surface area contributed by atoms with Gasteiger partial charge in [0.25, 0.3) is 15.7 Å². The zero-order chi connectivity index (χ0) is 25.5. The van der Waals surface area contributed by atoms with E-state index in [0.717, 1.165) is 23.1 Å². The average Bonchev–Trinajstić information content (AvgIpc) is 3.22. The molecule has 1 aromatic carbocycles. The van der Waals surface area contributed by atoms with Crippen LogP contribution in [0.3, 0.4) is 0 Å². The normalized spacial score (nSPS) is 13.5. The topological polar surface area (TPSA) is 107 Å². The van der Waals surface area contributed by atoms with E-state index < -0.39 is 43.9 Å². The lowest BCUT2D eigenvalue weighted by Crippen LogP contribution is -2.29. The third-order valence-electron chi connectivity index (χ3n) is 4.35. The second-order valence-electron chi connectivity index (χ2n) is 6.75. The molecule has 3 aromatic rings. The highest BCUT2D eigenvalue weighted by Crippen LogP contribution is 2.32. The van der Waals surface area contributed by atoms with Gasteiger partial charge < -0.3 is 5.32 Å². The Morgan fingerprint density at radius 2 is 1.76 bits per heavy atom. The minimum Gasteiger partial charge on any atom is -0.342 e. The van der Waals surface area contributed by atoms with Crippen LogP contribution in [-0.4, -0.2) is 39.6 Å². The van der Waals surface area contributed by atoms with Crippen molar-refractivity contribution in [2.24, 2.45) is 0 Å². The number of pyridine rings is 1. The first-order valence-corrected chi connectivity index (χ1v) is 10.8. The number of carbonyl (C=O) groups is 1. The van der Waals surface area contributed by atoms with E-state index in [1.54, 1.807) is 0 Å². The molecular weight excluding hydrogens is 516 g/mol. The Kier molecular flexibility index (Phi) is 6.63. The van der Waals surface area contributed by atoms with Gasteiger partial charge in [-0.25, -0.2) is 18.4 Å². The van der Waals surface area contributed by atoms with Gasteiger partial charge in [0.2, 0.25) is 0 Å². The first-order chi connectivity index (χ1) is 15.6. The average molecular weight is 528 g/mol. The number of amides is 1. The summed E-state index contributed by atoms with van der Waals surface area (Å²) in [6, 6.07) is 2.95. The predicted octanol–water partition coefficient (Wildman–Crippen LogP) is 4.12. The second kappa shape index (κ2) is 8.87. The number of halogens is 7. The number of sulfone groups is 1. The Balaban J connectivity index is 1.85. The van der Waals surface area contributed by atoms with Crippen LogP contribution in [0.2, 0.25) is 5.02 Å². The summed E-state index contributed by atoms with van der Waals surface area (Å²) in [5.41, 5.74) is -7.02. The number of carbonyl (C=O) groups excluding carboxylic acids is 1. The van der Waals surface area contributed by atoms with E-state index in [-0.39, 0.29) is 22.2 Å². The van der Waals surface area contributed by atoms with E-state index in [0.29, 0.717) is 24.4 Å². The van der Waals surface area contributed by atoms with Crippen molar-refractivity contribution in [3.8, 4) is 5.82 Å². The first kappa shape index (κ1) is 25.4. The summed E-state index contributed by atoms with van der Waals surface area (Å²) in [5, 5.41) is 5.94. The van der Waals surface area contributed by atoms with Gasteiger partial charge in [0.1, 0.15) is 6.33 Å². The number of hydrogen-bond acceptors (Lipinski definition) is 6. The number of alkyl halides is 6. The molecule has 182 valence electrons. The molecule has 0 radical (unpaired) electrons. The Labute approximate surface area is 192 Å². The molecule has 2 aromatic heterocycles. The molecule has 0 saturated carbocycles. The minimum atomic E-state index is -5.61. The molecule has 34 heavy (non-hydrogen) atoms. The molecule has 0 aliphatic rings. The van der Waals surface area contributed by atoms with Crippen molar-refractivity contribution >= 4 is 27.3 Å². The highest BCUT2D eigenvalue weighted by atomic mass is 35.5. The predicted molar refractivity (Wildman–Crippen MR) is 105 cm³/mol. The highest BCUT2D eigenvalue weighted by molar-refractivity contribution is 7.92. The molecule has 0 fully saturated rings. The summed E-state index contributed by atoms with van der Waals surface area (Å²) in [6.07, 6.45) is -3.22. The number of benzene rings is 1. The molecule has 0 saturated heterocycles. The molecule has 0 spiro atoms. The molecule has 0 bridgehead atoms. The second-order valence-corrected chi connectivity index (χ2v) is 9.13. The molecule has 0 aliphatic carbocycles. The van der Waals surface area contributed by atoms with Gasteiger partial charge >= 0.3 is 11.7 Å². The fourth-order valence-corrected chi connectivity index (χ4v) is 3.68. The summed E-state index contributed by atoms with van der Waals surface area (Å²) in [4.78, 5) is 19.0. The van der Waals surface area contributed by atoms with Crippen molar-refractivity contribution in [1.29, 1.82) is 0 Å². The van der Waals surface area contributed by atoms with Gasteiger partial charge in [-0.1, -0.05) is 11.6 Å². The number of nitrogens with one attached hydrogen (secondary N) is 1. The van der Waals surface area contributed by atoms with Gasteiger partial charge in [-0.3, -0.25) is 4.79 Å². The molecular formula is C18H12ClF6N5O3S. The maximum absolute atomic E-state index is 13.0. The molecule has 2 heterocycles. The summed E-state index contributed by atoms with van der Waals surface area (Å²) in [7, 11) is -5.61. The Morgan fingerprint density at radius 1 is 1.09 bits per heavy atom. The number of aromatic nitrogens is 4. The standard InChI is InChI=1S/C18H12ClF6N5O3S/c1-9(29-16(31)10-4-11(17(20,21)22)6-12(19)5-10)15-27-8-28-30(15)14-3-2-13(7-26-14)34(32,33)18(23,24)25/h2-9H,1H3,(H,29,31)/t9-/m0/s1. The van der Waals surface area contributed by atoms with Crippen LogP contribution in [0, 0.1) is 0 Å². The lowest BCUT2D eigenvalue weighted by atomic mass is 10.1. The van der Waals surface area contributed by atoms with Crippen LogP contribution < -0.4 is 5.32 Å². The van der Waals surface area contributed by atoms with E-state index in [1.807, 2.05) is 0 Å². The summed E-state index contributed by atoms with van der Waals surface area (Å²) >= 11 is 5.69. The van der Waals surface area contributed by atoms with Crippen LogP contribution in [0.5, 0.6) is 0 Å². The Bertz CT molecular complexity index is 1320. The van der Waals surface area contributed by atoms with Crippen molar-refractivity contribution in [1.82, 2.24) is 25.1 Å². The first-order valence-electron chi connectivity index (χ1n) is 8.97. The molecule has 3 rings (SSSR count).